The SMILES string of the molecule is CC(=O)N1CCCCC(C(=O)CN)C1. The van der Waals surface area contributed by atoms with Gasteiger partial charge in [-0.15, -0.1) is 0 Å². The van der Waals surface area contributed by atoms with Crippen LogP contribution in [0.2, 0.25) is 0 Å². The van der Waals surface area contributed by atoms with Crippen molar-refractivity contribution in [2.24, 2.45) is 11.7 Å². The van der Waals surface area contributed by atoms with Crippen molar-refractivity contribution >= 4 is 11.7 Å². The van der Waals surface area contributed by atoms with Crippen molar-refractivity contribution in [1.82, 2.24) is 4.90 Å². The predicted molar refractivity (Wildman–Crippen MR) is 53.7 cm³/mol. The maximum atomic E-state index is 11.4. The number of ketones is 1. The Morgan fingerprint density at radius 3 is 2.71 bits per heavy atom. The van der Waals surface area contributed by atoms with Crippen LogP contribution in [0.15, 0.2) is 0 Å². The van der Waals surface area contributed by atoms with Crippen molar-refractivity contribution in [3.8, 4) is 0 Å². The lowest BCUT2D eigenvalue weighted by atomic mass is 9.98. The molecule has 80 valence electrons. The number of amides is 1. The minimum absolute atomic E-state index is 0.0357. The van der Waals surface area contributed by atoms with Gasteiger partial charge in [0.1, 0.15) is 0 Å². The topological polar surface area (TPSA) is 63.4 Å². The van der Waals surface area contributed by atoms with E-state index in [-0.39, 0.29) is 24.2 Å². The van der Waals surface area contributed by atoms with E-state index in [1.54, 1.807) is 11.8 Å². The van der Waals surface area contributed by atoms with Crippen molar-refractivity contribution in [3.63, 3.8) is 0 Å². The molecule has 1 amide bonds. The van der Waals surface area contributed by atoms with Crippen LogP contribution in [0.4, 0.5) is 0 Å². The molecule has 0 aromatic heterocycles. The van der Waals surface area contributed by atoms with Gasteiger partial charge in [-0.2, -0.15) is 0 Å². The molecule has 2 N–H and O–H groups in total. The van der Waals surface area contributed by atoms with E-state index in [1.807, 2.05) is 0 Å². The van der Waals surface area contributed by atoms with Gasteiger partial charge in [0.15, 0.2) is 5.78 Å². The van der Waals surface area contributed by atoms with E-state index < -0.39 is 0 Å². The van der Waals surface area contributed by atoms with Crippen LogP contribution in [-0.2, 0) is 9.59 Å². The summed E-state index contributed by atoms with van der Waals surface area (Å²) in [5, 5.41) is 0. The second-order valence-electron chi connectivity index (χ2n) is 3.83. The molecule has 14 heavy (non-hydrogen) atoms. The van der Waals surface area contributed by atoms with Gasteiger partial charge in [0, 0.05) is 25.9 Å². The number of nitrogens with zero attached hydrogens (tertiary/aromatic N) is 1. The highest BCUT2D eigenvalue weighted by Gasteiger charge is 2.24. The molecule has 0 aromatic rings. The lowest BCUT2D eigenvalue weighted by Gasteiger charge is -2.21. The van der Waals surface area contributed by atoms with Gasteiger partial charge in [0.2, 0.25) is 5.91 Å². The molecule has 1 unspecified atom stereocenters. The van der Waals surface area contributed by atoms with Crippen LogP contribution < -0.4 is 5.73 Å². The Morgan fingerprint density at radius 2 is 2.14 bits per heavy atom. The third kappa shape index (κ3) is 2.80. The van der Waals surface area contributed by atoms with Gasteiger partial charge < -0.3 is 10.6 Å². The molecule has 1 atom stereocenters. The van der Waals surface area contributed by atoms with Crippen molar-refractivity contribution in [2.45, 2.75) is 26.2 Å². The molecule has 4 nitrogen and oxygen atoms in total. The Kier molecular flexibility index (Phi) is 4.07. The molecule has 0 bridgehead atoms. The molecule has 1 saturated heterocycles. The minimum Gasteiger partial charge on any atom is -0.342 e. The highest BCUT2D eigenvalue weighted by molar-refractivity contribution is 5.83. The van der Waals surface area contributed by atoms with E-state index in [9.17, 15) is 9.59 Å². The summed E-state index contributed by atoms with van der Waals surface area (Å²) in [7, 11) is 0. The van der Waals surface area contributed by atoms with E-state index >= 15 is 0 Å². The average molecular weight is 198 g/mol. The fraction of sp³-hybridized carbons (Fsp3) is 0.800. The van der Waals surface area contributed by atoms with Crippen LogP contribution in [0.3, 0.4) is 0 Å². The molecule has 0 radical (unpaired) electrons. The fourth-order valence-electron chi connectivity index (χ4n) is 1.86. The van der Waals surface area contributed by atoms with Crippen LogP contribution in [-0.4, -0.2) is 36.2 Å². The molecular weight excluding hydrogens is 180 g/mol. The van der Waals surface area contributed by atoms with Crippen LogP contribution in [0.25, 0.3) is 0 Å². The van der Waals surface area contributed by atoms with Crippen LogP contribution in [0.1, 0.15) is 26.2 Å². The van der Waals surface area contributed by atoms with E-state index in [2.05, 4.69) is 0 Å². The summed E-state index contributed by atoms with van der Waals surface area (Å²) in [4.78, 5) is 24.4. The zero-order valence-corrected chi connectivity index (χ0v) is 8.66. The lowest BCUT2D eigenvalue weighted by molar-refractivity contribution is -0.130. The summed E-state index contributed by atoms with van der Waals surface area (Å²) in [6, 6.07) is 0. The van der Waals surface area contributed by atoms with Crippen molar-refractivity contribution in [2.75, 3.05) is 19.6 Å². The number of likely N-dealkylation sites (tertiary alicyclic amines) is 1. The van der Waals surface area contributed by atoms with Crippen molar-refractivity contribution in [1.29, 1.82) is 0 Å². The summed E-state index contributed by atoms with van der Waals surface area (Å²) in [5.74, 6) is 0.103. The van der Waals surface area contributed by atoms with Gasteiger partial charge >= 0.3 is 0 Å². The van der Waals surface area contributed by atoms with Gasteiger partial charge in [0.25, 0.3) is 0 Å². The van der Waals surface area contributed by atoms with E-state index in [1.165, 1.54) is 0 Å². The molecule has 0 spiro atoms. The van der Waals surface area contributed by atoms with Gasteiger partial charge in [-0.25, -0.2) is 0 Å². The Hall–Kier alpha value is -0.900. The first-order valence-electron chi connectivity index (χ1n) is 5.13. The first-order chi connectivity index (χ1) is 6.65. The molecule has 0 aromatic carbocycles. The first-order valence-corrected chi connectivity index (χ1v) is 5.13. The van der Waals surface area contributed by atoms with Crippen molar-refractivity contribution < 1.29 is 9.59 Å². The van der Waals surface area contributed by atoms with Gasteiger partial charge in [-0.3, -0.25) is 9.59 Å². The third-order valence-corrected chi connectivity index (χ3v) is 2.77. The number of Topliss-reactive ketones (excluding diaryl/α,β-unsaturated/α-hetero) is 1. The second-order valence-corrected chi connectivity index (χ2v) is 3.83. The minimum atomic E-state index is -0.0357. The first kappa shape index (κ1) is 11.2. The summed E-state index contributed by atoms with van der Waals surface area (Å²) < 4.78 is 0. The zero-order chi connectivity index (χ0) is 10.6. The second kappa shape index (κ2) is 5.10. The molecule has 0 saturated carbocycles. The van der Waals surface area contributed by atoms with Gasteiger partial charge in [-0.1, -0.05) is 6.42 Å². The molecule has 1 fully saturated rings. The normalized spacial score (nSPS) is 23.0. The number of rotatable bonds is 2. The Labute approximate surface area is 84.4 Å². The molecule has 1 aliphatic rings. The molecule has 1 aliphatic heterocycles. The van der Waals surface area contributed by atoms with Crippen LogP contribution >= 0.6 is 0 Å². The van der Waals surface area contributed by atoms with Crippen LogP contribution in [0, 0.1) is 5.92 Å². The molecule has 0 aliphatic carbocycles. The highest BCUT2D eigenvalue weighted by Crippen LogP contribution is 2.17. The van der Waals surface area contributed by atoms with Crippen molar-refractivity contribution in [3.05, 3.63) is 0 Å². The maximum Gasteiger partial charge on any atom is 0.219 e. The maximum absolute atomic E-state index is 11.4. The highest BCUT2D eigenvalue weighted by atomic mass is 16.2. The number of nitrogens with two attached hydrogens (primary N) is 1. The number of hydrogen-bond donors (Lipinski definition) is 1. The van der Waals surface area contributed by atoms with Gasteiger partial charge in [-0.05, 0) is 12.8 Å². The molecule has 4 heteroatoms. The average Bonchev–Trinajstić information content (AvgIpc) is 2.41. The Bertz CT molecular complexity index is 228. The summed E-state index contributed by atoms with van der Waals surface area (Å²) in [6.45, 7) is 2.99. The van der Waals surface area contributed by atoms with E-state index in [4.69, 9.17) is 5.73 Å². The molecular formula is C10H18N2O2. The summed E-state index contributed by atoms with van der Waals surface area (Å²) in [5.41, 5.74) is 5.32. The lowest BCUT2D eigenvalue weighted by Crippen LogP contribution is -2.37. The van der Waals surface area contributed by atoms with Gasteiger partial charge in [0.05, 0.1) is 6.54 Å². The fourth-order valence-corrected chi connectivity index (χ4v) is 1.86. The Balaban J connectivity index is 2.59. The standard InChI is InChI=1S/C10H18N2O2/c1-8(13)12-5-3-2-4-9(7-12)10(14)6-11/h9H,2-7,11H2,1H3. The summed E-state index contributed by atoms with van der Waals surface area (Å²) in [6.07, 6.45) is 2.88. The number of carbonyl (C=O) groups is 2. The predicted octanol–water partition coefficient (Wildman–Crippen LogP) is 0.163. The van der Waals surface area contributed by atoms with Crippen LogP contribution in [0.5, 0.6) is 0 Å². The number of hydrogen-bond acceptors (Lipinski definition) is 3. The third-order valence-electron chi connectivity index (χ3n) is 2.77. The molecule has 1 heterocycles. The smallest absolute Gasteiger partial charge is 0.219 e. The summed E-state index contributed by atoms with van der Waals surface area (Å²) >= 11 is 0. The quantitative estimate of drug-likeness (QED) is 0.687. The zero-order valence-electron chi connectivity index (χ0n) is 8.66. The largest absolute Gasteiger partial charge is 0.342 e. The molecule has 1 rings (SSSR count). The Morgan fingerprint density at radius 1 is 1.43 bits per heavy atom. The van der Waals surface area contributed by atoms with E-state index in [0.717, 1.165) is 25.8 Å². The monoisotopic (exact) mass is 198 g/mol. The number of carbonyl (C=O) groups excluding carboxylic acids is 2. The van der Waals surface area contributed by atoms with E-state index in [0.29, 0.717) is 6.54 Å².